The van der Waals surface area contributed by atoms with Crippen molar-refractivity contribution in [2.24, 2.45) is 0 Å². The lowest BCUT2D eigenvalue weighted by Crippen LogP contribution is -2.34. The van der Waals surface area contributed by atoms with Crippen molar-refractivity contribution in [3.8, 4) is 0 Å². The SMILES string of the molecule is COC(OC)C(=O)OC(=O)C(F)(F)F. The van der Waals surface area contributed by atoms with Crippen LogP contribution in [0.25, 0.3) is 0 Å². The molecule has 0 aliphatic rings. The number of methoxy groups -OCH3 is 2. The van der Waals surface area contributed by atoms with Crippen molar-refractivity contribution in [2.45, 2.75) is 12.5 Å². The largest absolute Gasteiger partial charge is 0.491 e. The Morgan fingerprint density at radius 3 is 1.86 bits per heavy atom. The zero-order valence-corrected chi connectivity index (χ0v) is 7.25. The summed E-state index contributed by atoms with van der Waals surface area (Å²) in [5.74, 6) is -4.17. The summed E-state index contributed by atoms with van der Waals surface area (Å²) in [6, 6.07) is 0. The molecule has 0 aliphatic heterocycles. The summed E-state index contributed by atoms with van der Waals surface area (Å²) in [5, 5.41) is 0. The van der Waals surface area contributed by atoms with E-state index in [2.05, 4.69) is 14.2 Å². The normalized spacial score (nSPS) is 11.6. The minimum atomic E-state index is -5.22. The number of carbonyl (C=O) groups excluding carboxylic acids is 2. The third-order valence-electron chi connectivity index (χ3n) is 1.05. The minimum absolute atomic E-state index is 1.01. The Labute approximate surface area is 76.7 Å². The first-order valence-electron chi connectivity index (χ1n) is 3.21. The van der Waals surface area contributed by atoms with Crippen molar-refractivity contribution >= 4 is 11.9 Å². The lowest BCUT2D eigenvalue weighted by atomic mass is 10.6. The molecule has 0 aliphatic carbocycles. The van der Waals surface area contributed by atoms with Gasteiger partial charge in [-0.3, -0.25) is 0 Å². The zero-order valence-electron chi connectivity index (χ0n) is 7.25. The molecular weight excluding hydrogens is 209 g/mol. The molecule has 5 nitrogen and oxygen atoms in total. The third kappa shape index (κ3) is 3.71. The molecule has 0 spiro atoms. The Morgan fingerprint density at radius 2 is 1.57 bits per heavy atom. The molecule has 82 valence electrons. The van der Waals surface area contributed by atoms with Crippen molar-refractivity contribution in [3.63, 3.8) is 0 Å². The highest BCUT2D eigenvalue weighted by Crippen LogP contribution is 2.16. The molecule has 0 bridgehead atoms. The van der Waals surface area contributed by atoms with E-state index in [4.69, 9.17) is 0 Å². The molecule has 0 rings (SSSR count). The first kappa shape index (κ1) is 12.8. The molecule has 0 aromatic carbocycles. The van der Waals surface area contributed by atoms with E-state index in [9.17, 15) is 22.8 Å². The van der Waals surface area contributed by atoms with Gasteiger partial charge >= 0.3 is 18.1 Å². The van der Waals surface area contributed by atoms with Crippen molar-refractivity contribution in [2.75, 3.05) is 14.2 Å². The van der Waals surface area contributed by atoms with Gasteiger partial charge in [0.15, 0.2) is 0 Å². The molecule has 0 aromatic heterocycles. The highest BCUT2D eigenvalue weighted by atomic mass is 19.4. The average Bonchev–Trinajstić information content (AvgIpc) is 2.04. The first-order chi connectivity index (χ1) is 6.32. The van der Waals surface area contributed by atoms with Gasteiger partial charge in [0, 0.05) is 14.2 Å². The fourth-order valence-corrected chi connectivity index (χ4v) is 0.486. The van der Waals surface area contributed by atoms with Gasteiger partial charge in [-0.1, -0.05) is 0 Å². The van der Waals surface area contributed by atoms with Crippen LogP contribution in [0.5, 0.6) is 0 Å². The molecule has 0 amide bonds. The van der Waals surface area contributed by atoms with E-state index in [1.807, 2.05) is 0 Å². The lowest BCUT2D eigenvalue weighted by molar-refractivity contribution is -0.213. The van der Waals surface area contributed by atoms with Crippen LogP contribution in [0.2, 0.25) is 0 Å². The number of hydrogen-bond donors (Lipinski definition) is 0. The Hall–Kier alpha value is -1.15. The number of rotatable bonds is 3. The van der Waals surface area contributed by atoms with Crippen LogP contribution in [0.3, 0.4) is 0 Å². The molecule has 0 unspecified atom stereocenters. The smallest absolute Gasteiger partial charge is 0.383 e. The van der Waals surface area contributed by atoms with Gasteiger partial charge in [0.25, 0.3) is 6.29 Å². The van der Waals surface area contributed by atoms with Crippen LogP contribution in [0, 0.1) is 0 Å². The van der Waals surface area contributed by atoms with Crippen LogP contribution >= 0.6 is 0 Å². The second kappa shape index (κ2) is 4.91. The predicted octanol–water partition coefficient (Wildman–Crippen LogP) is 0.237. The lowest BCUT2D eigenvalue weighted by Gasteiger charge is -2.11. The van der Waals surface area contributed by atoms with Crippen LogP contribution in [-0.2, 0) is 23.8 Å². The van der Waals surface area contributed by atoms with Crippen molar-refractivity contribution in [1.29, 1.82) is 0 Å². The quantitative estimate of drug-likeness (QED) is 0.384. The molecule has 14 heavy (non-hydrogen) atoms. The van der Waals surface area contributed by atoms with Crippen LogP contribution < -0.4 is 0 Å². The van der Waals surface area contributed by atoms with E-state index < -0.39 is 24.4 Å². The first-order valence-corrected chi connectivity index (χ1v) is 3.21. The van der Waals surface area contributed by atoms with E-state index in [1.54, 1.807) is 0 Å². The van der Waals surface area contributed by atoms with E-state index in [0.29, 0.717) is 0 Å². The molecule has 0 heterocycles. The van der Waals surface area contributed by atoms with Gasteiger partial charge in [-0.05, 0) is 0 Å². The minimum Gasteiger partial charge on any atom is -0.383 e. The maximum absolute atomic E-state index is 11.6. The van der Waals surface area contributed by atoms with Crippen molar-refractivity contribution in [1.82, 2.24) is 0 Å². The number of carbonyl (C=O) groups is 2. The average molecular weight is 216 g/mol. The molecule has 0 atom stereocenters. The summed E-state index contributed by atoms with van der Waals surface area (Å²) in [4.78, 5) is 20.8. The molecular formula is C6H7F3O5. The highest BCUT2D eigenvalue weighted by Gasteiger charge is 2.43. The second-order valence-corrected chi connectivity index (χ2v) is 2.01. The molecule has 0 saturated heterocycles. The second-order valence-electron chi connectivity index (χ2n) is 2.01. The summed E-state index contributed by atoms with van der Waals surface area (Å²) in [6.07, 6.45) is -6.87. The van der Waals surface area contributed by atoms with Crippen LogP contribution in [0.15, 0.2) is 0 Å². The number of esters is 2. The van der Waals surface area contributed by atoms with Gasteiger partial charge in [-0.15, -0.1) is 0 Å². The summed E-state index contributed by atoms with van der Waals surface area (Å²) in [6.45, 7) is 0. The number of ether oxygens (including phenoxy) is 3. The van der Waals surface area contributed by atoms with Gasteiger partial charge < -0.3 is 14.2 Å². The van der Waals surface area contributed by atoms with Gasteiger partial charge in [0.05, 0.1) is 0 Å². The molecule has 0 fully saturated rings. The number of hydrogen-bond acceptors (Lipinski definition) is 5. The van der Waals surface area contributed by atoms with Gasteiger partial charge in [0.1, 0.15) is 0 Å². The van der Waals surface area contributed by atoms with Crippen LogP contribution in [0.1, 0.15) is 0 Å². The molecule has 8 heteroatoms. The highest BCUT2D eigenvalue weighted by molar-refractivity contribution is 5.89. The van der Waals surface area contributed by atoms with E-state index in [1.165, 1.54) is 0 Å². The molecule has 0 radical (unpaired) electrons. The summed E-state index contributed by atoms with van der Waals surface area (Å²) in [7, 11) is 2.01. The van der Waals surface area contributed by atoms with Crippen LogP contribution in [-0.4, -0.2) is 38.6 Å². The Bertz CT molecular complexity index is 220. The van der Waals surface area contributed by atoms with Crippen molar-refractivity contribution in [3.05, 3.63) is 0 Å². The van der Waals surface area contributed by atoms with Gasteiger partial charge in [-0.25, -0.2) is 9.59 Å². The molecule has 0 N–H and O–H groups in total. The topological polar surface area (TPSA) is 61.8 Å². The molecule has 0 aromatic rings. The Kier molecular flexibility index (Phi) is 4.51. The fourth-order valence-electron chi connectivity index (χ4n) is 0.486. The zero-order chi connectivity index (χ0) is 11.4. The Morgan fingerprint density at radius 1 is 1.14 bits per heavy atom. The number of halogens is 3. The van der Waals surface area contributed by atoms with E-state index in [0.717, 1.165) is 14.2 Å². The maximum atomic E-state index is 11.6. The monoisotopic (exact) mass is 216 g/mol. The maximum Gasteiger partial charge on any atom is 0.491 e. The van der Waals surface area contributed by atoms with Gasteiger partial charge in [0.2, 0.25) is 0 Å². The summed E-state index contributed by atoms with van der Waals surface area (Å²) >= 11 is 0. The van der Waals surface area contributed by atoms with Gasteiger partial charge in [-0.2, -0.15) is 13.2 Å². The van der Waals surface area contributed by atoms with E-state index in [-0.39, 0.29) is 0 Å². The van der Waals surface area contributed by atoms with E-state index >= 15 is 0 Å². The molecule has 0 saturated carbocycles. The third-order valence-corrected chi connectivity index (χ3v) is 1.05. The fraction of sp³-hybridized carbons (Fsp3) is 0.667. The summed E-state index contributed by atoms with van der Waals surface area (Å²) < 4.78 is 46.6. The van der Waals surface area contributed by atoms with Crippen molar-refractivity contribution < 1.29 is 37.0 Å². The Balaban J connectivity index is 4.26. The standard InChI is InChI=1S/C6H7F3O5/c1-12-4(13-2)3(10)14-5(11)6(7,8)9/h4H,1-2H3. The van der Waals surface area contributed by atoms with Crippen LogP contribution in [0.4, 0.5) is 13.2 Å². The summed E-state index contributed by atoms with van der Waals surface area (Å²) in [5.41, 5.74) is 0. The number of alkyl halides is 3. The predicted molar refractivity (Wildman–Crippen MR) is 35.0 cm³/mol.